The molecule has 0 saturated heterocycles. The number of benzene rings is 1. The number of halogens is 1. The van der Waals surface area contributed by atoms with Crippen molar-refractivity contribution >= 4 is 27.7 Å². The van der Waals surface area contributed by atoms with Crippen LogP contribution >= 0.6 is 27.7 Å². The summed E-state index contributed by atoms with van der Waals surface area (Å²) >= 11 is 5.34. The predicted molar refractivity (Wildman–Crippen MR) is 67.9 cm³/mol. The van der Waals surface area contributed by atoms with E-state index in [9.17, 15) is 0 Å². The van der Waals surface area contributed by atoms with Gasteiger partial charge in [0.1, 0.15) is 0 Å². The van der Waals surface area contributed by atoms with Crippen molar-refractivity contribution < 1.29 is 0 Å². The van der Waals surface area contributed by atoms with Crippen molar-refractivity contribution in [2.75, 3.05) is 6.26 Å². The number of nitrogens with two attached hydrogens (primary N) is 1. The fourth-order valence-corrected chi connectivity index (χ4v) is 2.64. The first-order valence-corrected chi connectivity index (χ1v) is 6.56. The number of rotatable bonds is 3. The molecule has 0 fully saturated rings. The van der Waals surface area contributed by atoms with Crippen LogP contribution in [0.5, 0.6) is 0 Å². The number of hydrogen-bond acceptors (Lipinski definition) is 2. The first kappa shape index (κ1) is 12.1. The molecule has 1 rings (SSSR count). The van der Waals surface area contributed by atoms with Gasteiger partial charge in [-0.2, -0.15) is 0 Å². The molecule has 1 aromatic rings. The van der Waals surface area contributed by atoms with E-state index in [2.05, 4.69) is 54.2 Å². The van der Waals surface area contributed by atoms with Crippen LogP contribution in [0, 0.1) is 0 Å². The topological polar surface area (TPSA) is 26.0 Å². The first-order valence-electron chi connectivity index (χ1n) is 4.54. The summed E-state index contributed by atoms with van der Waals surface area (Å²) in [4.78, 5) is 1.30. The summed E-state index contributed by atoms with van der Waals surface area (Å²) in [6, 6.07) is 6.26. The van der Waals surface area contributed by atoms with Gasteiger partial charge in [0.2, 0.25) is 0 Å². The van der Waals surface area contributed by atoms with Gasteiger partial charge in [-0.05, 0) is 44.2 Å². The summed E-state index contributed by atoms with van der Waals surface area (Å²) in [5.41, 5.74) is 7.18. The Morgan fingerprint density at radius 2 is 2.07 bits per heavy atom. The van der Waals surface area contributed by atoms with E-state index in [1.807, 2.05) is 0 Å². The van der Waals surface area contributed by atoms with Crippen LogP contribution in [-0.2, 0) is 6.42 Å². The summed E-state index contributed by atoms with van der Waals surface area (Å²) < 4.78 is 1.16. The minimum Gasteiger partial charge on any atom is -0.325 e. The molecule has 0 radical (unpaired) electrons. The molecule has 3 heteroatoms. The Kier molecular flexibility index (Phi) is 4.04. The van der Waals surface area contributed by atoms with Crippen LogP contribution in [0.4, 0.5) is 0 Å². The third kappa shape index (κ3) is 3.30. The number of thioether (sulfide) groups is 1. The molecule has 1 aromatic carbocycles. The van der Waals surface area contributed by atoms with Crippen molar-refractivity contribution in [3.63, 3.8) is 0 Å². The molecule has 2 N–H and O–H groups in total. The lowest BCUT2D eigenvalue weighted by molar-refractivity contribution is 0.512. The van der Waals surface area contributed by atoms with E-state index in [1.165, 1.54) is 10.5 Å². The molecular formula is C11H16BrNS. The van der Waals surface area contributed by atoms with E-state index < -0.39 is 0 Å². The van der Waals surface area contributed by atoms with E-state index >= 15 is 0 Å². The molecule has 0 atom stereocenters. The van der Waals surface area contributed by atoms with E-state index in [1.54, 1.807) is 11.8 Å². The van der Waals surface area contributed by atoms with Gasteiger partial charge in [0.25, 0.3) is 0 Å². The molecule has 0 aliphatic heterocycles. The second-order valence-electron chi connectivity index (χ2n) is 4.09. The van der Waals surface area contributed by atoms with Crippen LogP contribution in [0.1, 0.15) is 19.4 Å². The van der Waals surface area contributed by atoms with Gasteiger partial charge in [-0.3, -0.25) is 0 Å². The van der Waals surface area contributed by atoms with Gasteiger partial charge in [0.05, 0.1) is 0 Å². The quantitative estimate of drug-likeness (QED) is 0.854. The molecule has 0 aliphatic carbocycles. The summed E-state index contributed by atoms with van der Waals surface area (Å²) in [6.45, 7) is 4.10. The zero-order valence-corrected chi connectivity index (χ0v) is 11.2. The van der Waals surface area contributed by atoms with Gasteiger partial charge < -0.3 is 5.73 Å². The zero-order valence-electron chi connectivity index (χ0n) is 8.80. The minimum absolute atomic E-state index is 0.158. The highest BCUT2D eigenvalue weighted by atomic mass is 79.9. The summed E-state index contributed by atoms with van der Waals surface area (Å²) in [5, 5.41) is 0. The molecule has 78 valence electrons. The fourth-order valence-electron chi connectivity index (χ4n) is 1.36. The average Bonchev–Trinajstić information content (AvgIpc) is 2.06. The maximum atomic E-state index is 6.03. The monoisotopic (exact) mass is 273 g/mol. The fraction of sp³-hybridized carbons (Fsp3) is 0.455. The van der Waals surface area contributed by atoms with Crippen molar-refractivity contribution in [1.29, 1.82) is 0 Å². The Morgan fingerprint density at radius 3 is 2.57 bits per heavy atom. The molecule has 0 bridgehead atoms. The van der Waals surface area contributed by atoms with Gasteiger partial charge in [0, 0.05) is 14.9 Å². The van der Waals surface area contributed by atoms with Crippen LogP contribution in [0.3, 0.4) is 0 Å². The molecule has 0 amide bonds. The van der Waals surface area contributed by atoms with Crippen LogP contribution in [0.25, 0.3) is 0 Å². The van der Waals surface area contributed by atoms with Gasteiger partial charge >= 0.3 is 0 Å². The van der Waals surface area contributed by atoms with Crippen molar-refractivity contribution in [3.8, 4) is 0 Å². The maximum absolute atomic E-state index is 6.03. The largest absolute Gasteiger partial charge is 0.325 e. The Labute approximate surface area is 98.6 Å². The van der Waals surface area contributed by atoms with Gasteiger partial charge in [-0.15, -0.1) is 11.8 Å². The smallest absolute Gasteiger partial charge is 0.0219 e. The summed E-state index contributed by atoms with van der Waals surface area (Å²) in [5.74, 6) is 0. The van der Waals surface area contributed by atoms with Crippen LogP contribution in [0.2, 0.25) is 0 Å². The Morgan fingerprint density at radius 1 is 1.43 bits per heavy atom. The lowest BCUT2D eigenvalue weighted by atomic mass is 9.96. The van der Waals surface area contributed by atoms with Crippen molar-refractivity contribution in [1.82, 2.24) is 0 Å². The lowest BCUT2D eigenvalue weighted by Crippen LogP contribution is -2.34. The highest BCUT2D eigenvalue weighted by molar-refractivity contribution is 9.10. The Hall–Kier alpha value is 0.01000. The highest BCUT2D eigenvalue weighted by Gasteiger charge is 2.16. The molecule has 0 spiro atoms. The molecule has 0 saturated carbocycles. The maximum Gasteiger partial charge on any atom is 0.0219 e. The summed E-state index contributed by atoms with van der Waals surface area (Å²) in [6.07, 6.45) is 2.99. The molecule has 0 unspecified atom stereocenters. The zero-order chi connectivity index (χ0) is 10.8. The highest BCUT2D eigenvalue weighted by Crippen LogP contribution is 2.29. The average molecular weight is 274 g/mol. The van der Waals surface area contributed by atoms with Crippen molar-refractivity contribution in [2.45, 2.75) is 30.7 Å². The van der Waals surface area contributed by atoms with E-state index in [0.29, 0.717) is 0 Å². The summed E-state index contributed by atoms with van der Waals surface area (Å²) in [7, 11) is 0. The van der Waals surface area contributed by atoms with Crippen LogP contribution < -0.4 is 5.73 Å². The molecule has 0 aromatic heterocycles. The van der Waals surface area contributed by atoms with Crippen LogP contribution in [-0.4, -0.2) is 11.8 Å². The molecule has 0 heterocycles. The van der Waals surface area contributed by atoms with Gasteiger partial charge in [-0.25, -0.2) is 0 Å². The standard InChI is InChI=1S/C11H16BrNS/c1-11(2,13)7-8-9(12)5-4-6-10(8)14-3/h4-6H,7,13H2,1-3H3. The lowest BCUT2D eigenvalue weighted by Gasteiger charge is -2.21. The third-order valence-corrected chi connectivity index (χ3v) is 3.49. The third-order valence-electron chi connectivity index (χ3n) is 1.93. The van der Waals surface area contributed by atoms with E-state index in [-0.39, 0.29) is 5.54 Å². The molecule has 1 nitrogen and oxygen atoms in total. The Bertz CT molecular complexity index is 318. The van der Waals surface area contributed by atoms with Gasteiger partial charge in [0.15, 0.2) is 0 Å². The van der Waals surface area contributed by atoms with Crippen LogP contribution in [0.15, 0.2) is 27.6 Å². The minimum atomic E-state index is -0.158. The number of hydrogen-bond donors (Lipinski definition) is 1. The second kappa shape index (κ2) is 4.69. The second-order valence-corrected chi connectivity index (χ2v) is 5.79. The van der Waals surface area contributed by atoms with Crippen molar-refractivity contribution in [2.24, 2.45) is 5.73 Å². The van der Waals surface area contributed by atoms with E-state index in [0.717, 1.165) is 10.9 Å². The van der Waals surface area contributed by atoms with Gasteiger partial charge in [-0.1, -0.05) is 22.0 Å². The first-order chi connectivity index (χ1) is 6.44. The SMILES string of the molecule is CSc1cccc(Br)c1CC(C)(C)N. The predicted octanol–water partition coefficient (Wildman–Crippen LogP) is 3.45. The molecule has 0 aliphatic rings. The molecular weight excluding hydrogens is 258 g/mol. The van der Waals surface area contributed by atoms with E-state index in [4.69, 9.17) is 5.73 Å². The van der Waals surface area contributed by atoms with Crippen molar-refractivity contribution in [3.05, 3.63) is 28.2 Å². The normalized spacial score (nSPS) is 11.8. The molecule has 14 heavy (non-hydrogen) atoms. The Balaban J connectivity index is 3.05.